The van der Waals surface area contributed by atoms with Gasteiger partial charge < -0.3 is 19.0 Å². The zero-order valence-corrected chi connectivity index (χ0v) is 48.7. The number of hydrogen-bond acceptors (Lipinski definition) is 12. The van der Waals surface area contributed by atoms with Gasteiger partial charge in [0.05, 0.1) is 33.4 Å². The zero-order chi connectivity index (χ0) is 60.4. The molecular weight excluding hydrogens is 1080 g/mol. The molecule has 0 amide bonds. The van der Waals surface area contributed by atoms with E-state index in [4.69, 9.17) is 0 Å². The molecule has 0 fully saturated rings. The maximum atomic E-state index is 13.9. The quantitative estimate of drug-likeness (QED) is 0.0978. The second-order valence-electron chi connectivity index (χ2n) is 21.9. The molecule has 17 nitrogen and oxygen atoms in total. The van der Waals surface area contributed by atoms with Crippen LogP contribution < -0.4 is 43.8 Å². The van der Waals surface area contributed by atoms with Gasteiger partial charge in [-0.15, -0.1) is 0 Å². The summed E-state index contributed by atoms with van der Waals surface area (Å²) in [6.07, 6.45) is 4.41. The summed E-state index contributed by atoms with van der Waals surface area (Å²) in [6, 6.07) is 32.3. The van der Waals surface area contributed by atoms with Crippen LogP contribution in [0.3, 0.4) is 0 Å². The second kappa shape index (κ2) is 24.5. The van der Waals surface area contributed by atoms with Crippen LogP contribution in [0.15, 0.2) is 132 Å². The predicted molar refractivity (Wildman–Crippen MR) is 328 cm³/mol. The van der Waals surface area contributed by atoms with Crippen molar-refractivity contribution in [2.75, 3.05) is 11.4 Å². The summed E-state index contributed by atoms with van der Waals surface area (Å²) in [6.45, 7) is 21.6. The standard InChI is InChI=1S/C22H21FN4O2.C22H21FN4O.C22H22N4O2/c1-12-7-15(11-16(23)8-12)5-4-6-27-18-10-14(3)13(2)9-17(18)24-19-20(27)25-22(29)26-21(19)28;1-13-11-18-19(12-14(13)2)27(10-6-8-16-7-4-5-9-17(16)23)21-20(26-18)22(28)25-15(3)24-21;1-13-6-8-16(9-7-13)5-4-10-26-18-12-15(3)14(2)11-17(18)23-19-20(26)24-22(28)25-21(19)27/h7-11H,4-6H2,1-3H3,(H,26,28,29);4-5,7,9,11-12H,3,6,8,10H2,1-2H3,(H,25,28);6-9,11-12H,4-5,10H2,1-3H3,(H,25,27,28). The van der Waals surface area contributed by atoms with Crippen molar-refractivity contribution in [3.8, 4) is 23.0 Å². The van der Waals surface area contributed by atoms with Crippen LogP contribution >= 0.6 is 0 Å². The molecule has 0 saturated carbocycles. The summed E-state index contributed by atoms with van der Waals surface area (Å²) in [5, 5.41) is 0.286. The lowest BCUT2D eigenvalue weighted by molar-refractivity contribution is 0.604. The summed E-state index contributed by atoms with van der Waals surface area (Å²) < 4.78 is 31.4. The molecule has 12 rings (SSSR count). The lowest BCUT2D eigenvalue weighted by atomic mass is 10.0. The molecule has 19 heteroatoms. The van der Waals surface area contributed by atoms with Gasteiger partial charge in [0, 0.05) is 19.6 Å². The van der Waals surface area contributed by atoms with Crippen LogP contribution in [0, 0.1) is 67.0 Å². The number of aromatic amines is 3. The smallest absolute Gasteiger partial charge is 0.322 e. The molecule has 0 aliphatic carbocycles. The Morgan fingerprint density at radius 3 is 1.60 bits per heavy atom. The van der Waals surface area contributed by atoms with Crippen LogP contribution in [0.5, 0.6) is 0 Å². The van der Waals surface area contributed by atoms with Crippen LogP contribution in [0.2, 0.25) is 0 Å². The van der Waals surface area contributed by atoms with E-state index >= 15 is 0 Å². The van der Waals surface area contributed by atoms with E-state index in [1.807, 2.05) is 98.9 Å². The molecule has 0 atom stereocenters. The van der Waals surface area contributed by atoms with Crippen molar-refractivity contribution in [2.45, 2.75) is 107 Å². The molecule has 5 aliphatic rings. The highest BCUT2D eigenvalue weighted by molar-refractivity contribution is 5.82. The molecule has 6 heterocycles. The van der Waals surface area contributed by atoms with Crippen molar-refractivity contribution in [2.24, 2.45) is 4.99 Å². The average Bonchev–Trinajstić information content (AvgIpc) is 3.15. The molecule has 0 spiro atoms. The number of hydrogen-bond donors (Lipinski definition) is 3. The van der Waals surface area contributed by atoms with Crippen molar-refractivity contribution in [1.29, 1.82) is 0 Å². The lowest BCUT2D eigenvalue weighted by Gasteiger charge is -2.28. The van der Waals surface area contributed by atoms with Gasteiger partial charge in [0.15, 0.2) is 34.2 Å². The number of anilines is 2. The zero-order valence-electron chi connectivity index (χ0n) is 48.7. The van der Waals surface area contributed by atoms with Crippen molar-refractivity contribution < 1.29 is 8.78 Å². The molecule has 85 heavy (non-hydrogen) atoms. The van der Waals surface area contributed by atoms with E-state index in [0.29, 0.717) is 73.5 Å². The first-order valence-corrected chi connectivity index (χ1v) is 28.1. The number of benzene rings is 6. The number of H-pyrrole nitrogens is 3. The minimum absolute atomic E-state index is 0.141. The Bertz CT molecular complexity index is 4740. The fraction of sp³-hybridized carbons (Fsp3) is 0.258. The number of rotatable bonds is 12. The Morgan fingerprint density at radius 2 is 1.02 bits per heavy atom. The van der Waals surface area contributed by atoms with Gasteiger partial charge in [0.25, 0.3) is 16.7 Å². The number of fused-ring (bicyclic) bond motifs is 6. The Kier molecular flexibility index (Phi) is 16.8. The number of halogens is 2. The molecular formula is C66H64F2N12O5. The molecule has 0 radical (unpaired) electrons. The van der Waals surface area contributed by atoms with Crippen molar-refractivity contribution in [1.82, 2.24) is 49.0 Å². The van der Waals surface area contributed by atoms with Crippen LogP contribution in [-0.2, 0) is 32.4 Å². The molecule has 0 saturated heterocycles. The van der Waals surface area contributed by atoms with Gasteiger partial charge in [-0.05, 0) is 204 Å². The topological polar surface area (TPSA) is 223 Å². The van der Waals surface area contributed by atoms with Crippen LogP contribution in [0.25, 0.3) is 51.7 Å². The maximum absolute atomic E-state index is 13.9. The second-order valence-corrected chi connectivity index (χ2v) is 21.9. The summed E-state index contributed by atoms with van der Waals surface area (Å²) in [5.41, 5.74) is 14.3. The van der Waals surface area contributed by atoms with E-state index in [2.05, 4.69) is 94.8 Å². The van der Waals surface area contributed by atoms with Gasteiger partial charge in [-0.1, -0.05) is 60.7 Å². The number of nitrogens with zero attached hydrogens (tertiary/aromatic N) is 9. The third-order valence-electron chi connectivity index (χ3n) is 15.4. The highest BCUT2D eigenvalue weighted by atomic mass is 19.1. The Hall–Kier alpha value is -9.91. The molecule has 432 valence electrons. The minimum atomic E-state index is -0.693. The minimum Gasteiger partial charge on any atom is -0.322 e. The third kappa shape index (κ3) is 12.9. The third-order valence-corrected chi connectivity index (χ3v) is 15.4. The first-order valence-electron chi connectivity index (χ1n) is 28.1. The normalized spacial score (nSPS) is 11.7. The first-order chi connectivity index (χ1) is 40.7. The first kappa shape index (κ1) is 58.3. The fourth-order valence-corrected chi connectivity index (χ4v) is 10.6. The monoisotopic (exact) mass is 1140 g/mol. The summed E-state index contributed by atoms with van der Waals surface area (Å²) in [5.74, 6) is 0.664. The van der Waals surface area contributed by atoms with E-state index < -0.39 is 22.5 Å². The molecule has 7 aromatic rings. The lowest BCUT2D eigenvalue weighted by Crippen LogP contribution is -2.42. The van der Waals surface area contributed by atoms with Crippen molar-refractivity contribution in [3.05, 3.63) is 239 Å². The van der Waals surface area contributed by atoms with Crippen LogP contribution in [-0.4, -0.2) is 55.6 Å². The van der Waals surface area contributed by atoms with Gasteiger partial charge in [0.2, 0.25) is 0 Å². The van der Waals surface area contributed by atoms with Crippen molar-refractivity contribution in [3.63, 3.8) is 0 Å². The van der Waals surface area contributed by atoms with Gasteiger partial charge in [-0.2, -0.15) is 9.97 Å². The molecule has 5 aliphatic heterocycles. The van der Waals surface area contributed by atoms with E-state index in [1.165, 1.54) is 29.3 Å². The summed E-state index contributed by atoms with van der Waals surface area (Å²) >= 11 is 0. The van der Waals surface area contributed by atoms with E-state index in [1.54, 1.807) is 12.1 Å². The molecule has 6 aromatic carbocycles. The van der Waals surface area contributed by atoms with Crippen LogP contribution in [0.4, 0.5) is 26.0 Å². The highest BCUT2D eigenvalue weighted by Crippen LogP contribution is 2.37. The van der Waals surface area contributed by atoms with Gasteiger partial charge in [-0.3, -0.25) is 24.4 Å². The molecule has 3 N–H and O–H groups in total. The Balaban J connectivity index is 0.000000142. The van der Waals surface area contributed by atoms with Crippen LogP contribution in [0.1, 0.15) is 80.5 Å². The Labute approximate surface area is 487 Å². The molecule has 1 aromatic heterocycles. The molecule has 0 unspecified atom stereocenters. The van der Waals surface area contributed by atoms with Gasteiger partial charge in [0.1, 0.15) is 17.1 Å². The van der Waals surface area contributed by atoms with Gasteiger partial charge in [-0.25, -0.2) is 38.3 Å². The summed E-state index contributed by atoms with van der Waals surface area (Å²) in [4.78, 5) is 95.7. The number of aryl methyl sites for hydroxylation is 13. The fourth-order valence-electron chi connectivity index (χ4n) is 10.6. The highest BCUT2D eigenvalue weighted by Gasteiger charge is 2.25. The van der Waals surface area contributed by atoms with E-state index in [-0.39, 0.29) is 39.8 Å². The summed E-state index contributed by atoms with van der Waals surface area (Å²) in [7, 11) is 0. The molecule has 0 bridgehead atoms. The van der Waals surface area contributed by atoms with Crippen molar-refractivity contribution >= 4 is 45.8 Å². The van der Waals surface area contributed by atoms with E-state index in [9.17, 15) is 32.8 Å². The predicted octanol–water partition coefficient (Wildman–Crippen LogP) is 9.40. The number of aromatic nitrogens is 10. The average molecular weight is 1140 g/mol. The Morgan fingerprint density at radius 1 is 0.494 bits per heavy atom. The van der Waals surface area contributed by atoms with Gasteiger partial charge >= 0.3 is 11.4 Å². The maximum Gasteiger partial charge on any atom is 0.349 e. The largest absolute Gasteiger partial charge is 0.349 e. The number of nitrogens with one attached hydrogen (secondary N) is 3. The SMILES string of the molecule is C=c1nc2c(c(=O)[nH]1)=Nc1cc(C)c(C)cc1N2CCCc1ccccc1F.Cc1cc(F)cc(CCCn2c3nc(=O)[nH]c(=O)c-3nc3cc(C)c(C)cc32)c1.Cc1ccc(CCCn2c3nc(=O)[nH]c(=O)c-3nc3cc(C)c(C)cc32)cc1. The van der Waals surface area contributed by atoms with E-state index in [0.717, 1.165) is 85.3 Å².